The highest BCUT2D eigenvalue weighted by Gasteiger charge is 2.32. The molecule has 1 saturated heterocycles. The van der Waals surface area contributed by atoms with E-state index < -0.39 is 11.9 Å². The number of hydrogen-bond donors (Lipinski definition) is 1. The first kappa shape index (κ1) is 13.6. The van der Waals surface area contributed by atoms with Crippen LogP contribution in [0.4, 0.5) is 19.0 Å². The van der Waals surface area contributed by atoms with Crippen LogP contribution in [0, 0.1) is 5.92 Å². The molecule has 0 spiro atoms. The summed E-state index contributed by atoms with van der Waals surface area (Å²) in [5.74, 6) is 0.342. The third kappa shape index (κ3) is 3.36. The maximum absolute atomic E-state index is 12.5. The van der Waals surface area contributed by atoms with Crippen molar-refractivity contribution in [1.82, 2.24) is 9.88 Å². The summed E-state index contributed by atoms with van der Waals surface area (Å²) in [6.45, 7) is 1.05. The maximum Gasteiger partial charge on any atom is 0.433 e. The van der Waals surface area contributed by atoms with Crippen LogP contribution in [-0.4, -0.2) is 35.9 Å². The quantitative estimate of drug-likeness (QED) is 0.916. The number of rotatable bonds is 3. The van der Waals surface area contributed by atoms with Crippen molar-refractivity contribution in [3.63, 3.8) is 0 Å². The van der Waals surface area contributed by atoms with Crippen LogP contribution in [0.25, 0.3) is 0 Å². The van der Waals surface area contributed by atoms with Gasteiger partial charge in [-0.2, -0.15) is 13.2 Å². The molecule has 0 aliphatic carbocycles. The molecule has 1 N–H and O–H groups in total. The summed E-state index contributed by atoms with van der Waals surface area (Å²) in [7, 11) is 1.71. The Hall–Kier alpha value is -1.79. The molecule has 0 saturated carbocycles. The Morgan fingerprint density at radius 3 is 2.79 bits per heavy atom. The predicted octanol–water partition coefficient (Wildman–Crippen LogP) is 1.99. The van der Waals surface area contributed by atoms with Gasteiger partial charge < -0.3 is 10.2 Å². The lowest BCUT2D eigenvalue weighted by atomic mass is 10.1. The first-order valence-electron chi connectivity index (χ1n) is 5.88. The number of amides is 1. The average Bonchev–Trinajstić information content (AvgIpc) is 2.66. The van der Waals surface area contributed by atoms with Gasteiger partial charge in [0.05, 0.1) is 0 Å². The number of aromatic nitrogens is 1. The van der Waals surface area contributed by atoms with Crippen LogP contribution >= 0.6 is 0 Å². The Labute approximate surface area is 108 Å². The minimum absolute atomic E-state index is 0.0591. The number of pyridine rings is 1. The number of nitrogens with zero attached hydrogens (tertiary/aromatic N) is 2. The second-order valence-electron chi connectivity index (χ2n) is 4.63. The van der Waals surface area contributed by atoms with Crippen LogP contribution in [0.15, 0.2) is 18.2 Å². The first-order chi connectivity index (χ1) is 8.86. The van der Waals surface area contributed by atoms with Gasteiger partial charge in [0.2, 0.25) is 5.91 Å². The molecule has 0 aromatic carbocycles. The van der Waals surface area contributed by atoms with Crippen LogP contribution in [-0.2, 0) is 11.0 Å². The molecule has 104 valence electrons. The van der Waals surface area contributed by atoms with Gasteiger partial charge in [-0.05, 0) is 12.1 Å². The molecule has 1 fully saturated rings. The van der Waals surface area contributed by atoms with Crippen molar-refractivity contribution in [3.05, 3.63) is 23.9 Å². The summed E-state index contributed by atoms with van der Waals surface area (Å²) >= 11 is 0. The van der Waals surface area contributed by atoms with Crippen LogP contribution < -0.4 is 5.32 Å². The summed E-state index contributed by atoms with van der Waals surface area (Å²) < 4.78 is 37.4. The lowest BCUT2D eigenvalue weighted by Crippen LogP contribution is -2.21. The molecule has 1 aromatic heterocycles. The van der Waals surface area contributed by atoms with Gasteiger partial charge in [0, 0.05) is 32.5 Å². The molecule has 1 amide bonds. The zero-order chi connectivity index (χ0) is 14.0. The molecule has 2 rings (SSSR count). The molecule has 19 heavy (non-hydrogen) atoms. The third-order valence-electron chi connectivity index (χ3n) is 3.03. The Kier molecular flexibility index (Phi) is 3.64. The van der Waals surface area contributed by atoms with E-state index in [4.69, 9.17) is 0 Å². The highest BCUT2D eigenvalue weighted by molar-refractivity contribution is 5.78. The number of likely N-dealkylation sites (tertiary alicyclic amines) is 1. The number of nitrogens with one attached hydrogen (secondary N) is 1. The molecule has 1 atom stereocenters. The monoisotopic (exact) mass is 273 g/mol. The zero-order valence-electron chi connectivity index (χ0n) is 10.4. The van der Waals surface area contributed by atoms with Crippen LogP contribution in [0.2, 0.25) is 0 Å². The fourth-order valence-electron chi connectivity index (χ4n) is 2.03. The van der Waals surface area contributed by atoms with Crippen molar-refractivity contribution in [2.75, 3.05) is 25.5 Å². The van der Waals surface area contributed by atoms with Gasteiger partial charge >= 0.3 is 6.18 Å². The molecule has 1 aliphatic heterocycles. The van der Waals surface area contributed by atoms with Crippen molar-refractivity contribution >= 4 is 11.7 Å². The summed E-state index contributed by atoms with van der Waals surface area (Å²) in [4.78, 5) is 16.4. The van der Waals surface area contributed by atoms with E-state index in [2.05, 4.69) is 10.3 Å². The molecule has 0 radical (unpaired) electrons. The number of halogens is 3. The van der Waals surface area contributed by atoms with E-state index in [0.717, 1.165) is 6.07 Å². The first-order valence-corrected chi connectivity index (χ1v) is 5.88. The number of carbonyl (C=O) groups is 1. The van der Waals surface area contributed by atoms with E-state index in [1.54, 1.807) is 11.9 Å². The zero-order valence-corrected chi connectivity index (χ0v) is 10.4. The summed E-state index contributed by atoms with van der Waals surface area (Å²) in [6, 6.07) is 3.72. The van der Waals surface area contributed by atoms with E-state index in [0.29, 0.717) is 19.5 Å². The van der Waals surface area contributed by atoms with E-state index in [1.165, 1.54) is 12.1 Å². The second kappa shape index (κ2) is 5.07. The topological polar surface area (TPSA) is 45.2 Å². The number of hydrogen-bond acceptors (Lipinski definition) is 3. The Balaban J connectivity index is 1.95. The Morgan fingerprint density at radius 2 is 2.21 bits per heavy atom. The smallest absolute Gasteiger partial charge is 0.370 e. The maximum atomic E-state index is 12.5. The van der Waals surface area contributed by atoms with Crippen molar-refractivity contribution < 1.29 is 18.0 Å². The predicted molar refractivity (Wildman–Crippen MR) is 63.5 cm³/mol. The molecule has 0 bridgehead atoms. The molecular weight excluding hydrogens is 259 g/mol. The number of alkyl halides is 3. The van der Waals surface area contributed by atoms with Crippen LogP contribution in [0.5, 0.6) is 0 Å². The van der Waals surface area contributed by atoms with Crippen molar-refractivity contribution in [2.24, 2.45) is 5.92 Å². The van der Waals surface area contributed by atoms with E-state index >= 15 is 0 Å². The summed E-state index contributed by atoms with van der Waals surface area (Å²) in [6.07, 6.45) is -4.02. The molecule has 1 unspecified atom stereocenters. The second-order valence-corrected chi connectivity index (χ2v) is 4.63. The molecule has 1 aromatic rings. The highest BCUT2D eigenvalue weighted by Crippen LogP contribution is 2.28. The normalized spacial score (nSPS) is 19.9. The van der Waals surface area contributed by atoms with Crippen molar-refractivity contribution in [2.45, 2.75) is 12.6 Å². The van der Waals surface area contributed by atoms with Gasteiger partial charge in [0.1, 0.15) is 11.5 Å². The molecular formula is C12H14F3N3O. The summed E-state index contributed by atoms with van der Waals surface area (Å²) in [5, 5.41) is 2.85. The largest absolute Gasteiger partial charge is 0.433 e. The summed E-state index contributed by atoms with van der Waals surface area (Å²) in [5.41, 5.74) is -0.919. The van der Waals surface area contributed by atoms with Crippen molar-refractivity contribution in [3.8, 4) is 0 Å². The van der Waals surface area contributed by atoms with E-state index in [-0.39, 0.29) is 17.6 Å². The lowest BCUT2D eigenvalue weighted by Gasteiger charge is -2.13. The van der Waals surface area contributed by atoms with Gasteiger partial charge in [-0.3, -0.25) is 4.79 Å². The van der Waals surface area contributed by atoms with Crippen LogP contribution in [0.1, 0.15) is 12.1 Å². The van der Waals surface area contributed by atoms with Gasteiger partial charge in [-0.1, -0.05) is 6.07 Å². The number of anilines is 1. The average molecular weight is 273 g/mol. The minimum atomic E-state index is -4.44. The van der Waals surface area contributed by atoms with Gasteiger partial charge in [0.25, 0.3) is 0 Å². The van der Waals surface area contributed by atoms with E-state index in [1.807, 2.05) is 0 Å². The molecule has 7 heteroatoms. The lowest BCUT2D eigenvalue weighted by molar-refractivity contribution is -0.141. The third-order valence-corrected chi connectivity index (χ3v) is 3.03. The fraction of sp³-hybridized carbons (Fsp3) is 0.500. The standard InChI is InChI=1S/C12H14F3N3O/c1-18-7-8(5-11(18)19)6-16-10-4-2-3-9(17-10)12(13,14)15/h2-4,8H,5-7H2,1H3,(H,16,17). The molecule has 4 nitrogen and oxygen atoms in total. The van der Waals surface area contributed by atoms with Gasteiger partial charge in [0.15, 0.2) is 0 Å². The van der Waals surface area contributed by atoms with Gasteiger partial charge in [-0.25, -0.2) is 4.98 Å². The van der Waals surface area contributed by atoms with Crippen molar-refractivity contribution in [1.29, 1.82) is 0 Å². The van der Waals surface area contributed by atoms with E-state index in [9.17, 15) is 18.0 Å². The number of carbonyl (C=O) groups excluding carboxylic acids is 1. The highest BCUT2D eigenvalue weighted by atomic mass is 19.4. The Bertz CT molecular complexity index is 476. The fourth-order valence-corrected chi connectivity index (χ4v) is 2.03. The molecule has 1 aliphatic rings. The van der Waals surface area contributed by atoms with Crippen LogP contribution in [0.3, 0.4) is 0 Å². The Morgan fingerprint density at radius 1 is 1.47 bits per heavy atom. The molecule has 2 heterocycles. The SMILES string of the molecule is CN1CC(CNc2cccc(C(F)(F)F)n2)CC1=O. The minimum Gasteiger partial charge on any atom is -0.370 e. The van der Waals surface area contributed by atoms with Gasteiger partial charge in [-0.15, -0.1) is 0 Å².